The second kappa shape index (κ2) is 8.86. The van der Waals surface area contributed by atoms with Crippen molar-refractivity contribution < 1.29 is 18.9 Å². The summed E-state index contributed by atoms with van der Waals surface area (Å²) in [6, 6.07) is 9.13. The number of hydrogen-bond acceptors (Lipinski definition) is 5. The highest BCUT2D eigenvalue weighted by atomic mass is 16.5. The zero-order chi connectivity index (χ0) is 22.2. The topological polar surface area (TPSA) is 40.2 Å². The molecule has 32 heavy (non-hydrogen) atoms. The highest BCUT2D eigenvalue weighted by Crippen LogP contribution is 2.52. The minimum absolute atomic E-state index is 0.337. The number of fused-ring (bicyclic) bond motifs is 4. The zero-order valence-electron chi connectivity index (χ0n) is 19.8. The maximum absolute atomic E-state index is 6.23. The van der Waals surface area contributed by atoms with Crippen molar-refractivity contribution >= 4 is 0 Å². The molecule has 5 heteroatoms. The van der Waals surface area contributed by atoms with Gasteiger partial charge in [-0.15, -0.1) is 0 Å². The van der Waals surface area contributed by atoms with Gasteiger partial charge in [0.1, 0.15) is 0 Å². The number of benzene rings is 2. The number of hydrogen-bond donors (Lipinski definition) is 0. The van der Waals surface area contributed by atoms with Crippen LogP contribution in [0.1, 0.15) is 66.8 Å². The van der Waals surface area contributed by atoms with E-state index >= 15 is 0 Å². The van der Waals surface area contributed by atoms with E-state index in [9.17, 15) is 0 Å². The predicted molar refractivity (Wildman–Crippen MR) is 125 cm³/mol. The van der Waals surface area contributed by atoms with Crippen LogP contribution in [0.5, 0.6) is 23.0 Å². The smallest absolute Gasteiger partial charge is 0.165 e. The molecule has 2 heterocycles. The van der Waals surface area contributed by atoms with Crippen LogP contribution in [0.15, 0.2) is 24.3 Å². The van der Waals surface area contributed by atoms with Crippen molar-refractivity contribution in [2.75, 3.05) is 34.5 Å². The quantitative estimate of drug-likeness (QED) is 0.572. The van der Waals surface area contributed by atoms with Gasteiger partial charge in [0.15, 0.2) is 23.0 Å². The minimum atomic E-state index is 0.337. The Balaban J connectivity index is 1.52. The normalized spacial score (nSPS) is 22.2. The molecule has 0 aromatic heterocycles. The standard InChI is InChI=1S/C27H35NO4/c1-5-19-20-9-10-23(29-2)27(31-4)22(20)15-28-12-11-18-13-25(32-16-17-7-6-8-17)24(30-3)14-21(18)26(19)28/h9-10,13-14,17,19,26H,5-8,11-12,15-16H2,1-4H3. The molecule has 0 saturated heterocycles. The van der Waals surface area contributed by atoms with E-state index in [0.717, 1.165) is 55.5 Å². The van der Waals surface area contributed by atoms with Crippen molar-refractivity contribution in [2.45, 2.75) is 57.5 Å². The molecule has 0 N–H and O–H groups in total. The second-order valence-corrected chi connectivity index (χ2v) is 9.36. The molecular weight excluding hydrogens is 402 g/mol. The summed E-state index contributed by atoms with van der Waals surface area (Å²) < 4.78 is 23.4. The third-order valence-corrected chi connectivity index (χ3v) is 7.77. The Morgan fingerprint density at radius 3 is 2.41 bits per heavy atom. The monoisotopic (exact) mass is 437 g/mol. The van der Waals surface area contributed by atoms with E-state index < -0.39 is 0 Å². The van der Waals surface area contributed by atoms with E-state index in [0.29, 0.717) is 17.9 Å². The van der Waals surface area contributed by atoms with E-state index in [2.05, 4.69) is 36.1 Å². The van der Waals surface area contributed by atoms with Gasteiger partial charge in [0.05, 0.1) is 27.9 Å². The second-order valence-electron chi connectivity index (χ2n) is 9.36. The van der Waals surface area contributed by atoms with Gasteiger partial charge in [0, 0.05) is 30.6 Å². The van der Waals surface area contributed by atoms with Crippen molar-refractivity contribution in [3.8, 4) is 23.0 Å². The van der Waals surface area contributed by atoms with Gasteiger partial charge >= 0.3 is 0 Å². The molecule has 2 atom stereocenters. The third-order valence-electron chi connectivity index (χ3n) is 7.77. The lowest BCUT2D eigenvalue weighted by molar-refractivity contribution is 0.128. The molecule has 5 rings (SSSR count). The summed E-state index contributed by atoms with van der Waals surface area (Å²) in [5.41, 5.74) is 5.43. The molecule has 0 bridgehead atoms. The van der Waals surface area contributed by atoms with Crippen LogP contribution in [0.2, 0.25) is 0 Å². The van der Waals surface area contributed by atoms with Gasteiger partial charge in [-0.3, -0.25) is 4.90 Å². The summed E-state index contributed by atoms with van der Waals surface area (Å²) in [4.78, 5) is 2.61. The molecule has 3 aliphatic rings. The summed E-state index contributed by atoms with van der Waals surface area (Å²) in [7, 11) is 5.21. The maximum Gasteiger partial charge on any atom is 0.165 e. The summed E-state index contributed by atoms with van der Waals surface area (Å²) in [6.45, 7) is 4.99. The van der Waals surface area contributed by atoms with E-state index in [1.807, 2.05) is 0 Å². The van der Waals surface area contributed by atoms with Crippen LogP contribution in [0.4, 0.5) is 0 Å². The van der Waals surface area contributed by atoms with Gasteiger partial charge in [-0.2, -0.15) is 0 Å². The van der Waals surface area contributed by atoms with E-state index in [-0.39, 0.29) is 0 Å². The fourth-order valence-electron chi connectivity index (χ4n) is 5.83. The van der Waals surface area contributed by atoms with Gasteiger partial charge in [0.2, 0.25) is 0 Å². The Morgan fingerprint density at radius 2 is 1.75 bits per heavy atom. The fraction of sp³-hybridized carbons (Fsp3) is 0.556. The average molecular weight is 438 g/mol. The molecular formula is C27H35NO4. The maximum atomic E-state index is 6.23. The summed E-state index contributed by atoms with van der Waals surface area (Å²) in [6.07, 6.45) is 5.99. The Bertz CT molecular complexity index is 984. The SMILES string of the molecule is CCC1c2ccc(OC)c(OC)c2CN2CCc3cc(OCC4CCC4)c(OC)cc3C12. The highest BCUT2D eigenvalue weighted by molar-refractivity contribution is 5.56. The zero-order valence-corrected chi connectivity index (χ0v) is 19.8. The van der Waals surface area contributed by atoms with Crippen LogP contribution < -0.4 is 18.9 Å². The van der Waals surface area contributed by atoms with Gasteiger partial charge < -0.3 is 18.9 Å². The fourth-order valence-corrected chi connectivity index (χ4v) is 5.83. The van der Waals surface area contributed by atoms with E-state index in [1.54, 1.807) is 21.3 Å². The first-order valence-electron chi connectivity index (χ1n) is 12.0. The van der Waals surface area contributed by atoms with Crippen LogP contribution in [-0.4, -0.2) is 39.4 Å². The summed E-state index contributed by atoms with van der Waals surface area (Å²) in [5, 5.41) is 0. The Kier molecular flexibility index (Phi) is 5.93. The average Bonchev–Trinajstić information content (AvgIpc) is 2.80. The molecule has 0 radical (unpaired) electrons. The summed E-state index contributed by atoms with van der Waals surface area (Å²) >= 11 is 0. The lowest BCUT2D eigenvalue weighted by Gasteiger charge is -2.46. The first-order chi connectivity index (χ1) is 15.7. The molecule has 1 fully saturated rings. The van der Waals surface area contributed by atoms with Crippen molar-refractivity contribution in [3.63, 3.8) is 0 Å². The number of ether oxygens (including phenoxy) is 4. The van der Waals surface area contributed by atoms with E-state index in [4.69, 9.17) is 18.9 Å². The van der Waals surface area contributed by atoms with E-state index in [1.165, 1.54) is 41.5 Å². The molecule has 5 nitrogen and oxygen atoms in total. The minimum Gasteiger partial charge on any atom is -0.493 e. The van der Waals surface area contributed by atoms with Crippen molar-refractivity contribution in [2.24, 2.45) is 5.92 Å². The lowest BCUT2D eigenvalue weighted by atomic mass is 9.75. The Labute approximate surface area is 191 Å². The Hall–Kier alpha value is -2.40. The Morgan fingerprint density at radius 1 is 0.938 bits per heavy atom. The van der Waals surface area contributed by atoms with Crippen molar-refractivity contribution in [1.29, 1.82) is 0 Å². The molecule has 2 aromatic rings. The number of rotatable bonds is 7. The first-order valence-corrected chi connectivity index (χ1v) is 12.0. The molecule has 172 valence electrons. The van der Waals surface area contributed by atoms with Gasteiger partial charge in [-0.1, -0.05) is 19.4 Å². The van der Waals surface area contributed by atoms with Crippen molar-refractivity contribution in [3.05, 3.63) is 46.5 Å². The molecule has 2 aliphatic heterocycles. The lowest BCUT2D eigenvalue weighted by Crippen LogP contribution is -2.41. The summed E-state index contributed by atoms with van der Waals surface area (Å²) in [5.74, 6) is 4.55. The molecule has 1 aliphatic carbocycles. The van der Waals surface area contributed by atoms with Gasteiger partial charge in [0.25, 0.3) is 0 Å². The largest absolute Gasteiger partial charge is 0.493 e. The van der Waals surface area contributed by atoms with Gasteiger partial charge in [-0.05, 0) is 66.5 Å². The number of methoxy groups -OCH3 is 3. The first kappa shape index (κ1) is 21.4. The van der Waals surface area contributed by atoms with Crippen LogP contribution in [-0.2, 0) is 13.0 Å². The van der Waals surface area contributed by atoms with Crippen LogP contribution in [0.25, 0.3) is 0 Å². The van der Waals surface area contributed by atoms with Crippen molar-refractivity contribution in [1.82, 2.24) is 4.90 Å². The van der Waals surface area contributed by atoms with Crippen LogP contribution >= 0.6 is 0 Å². The highest BCUT2D eigenvalue weighted by Gasteiger charge is 2.40. The molecule has 2 unspecified atom stereocenters. The van der Waals surface area contributed by atoms with Crippen LogP contribution in [0.3, 0.4) is 0 Å². The molecule has 0 amide bonds. The predicted octanol–water partition coefficient (Wildman–Crippen LogP) is 5.50. The molecule has 2 aromatic carbocycles. The molecule has 0 spiro atoms. The molecule has 1 saturated carbocycles. The number of nitrogens with zero attached hydrogens (tertiary/aromatic N) is 1. The van der Waals surface area contributed by atoms with Gasteiger partial charge in [-0.25, -0.2) is 0 Å². The third kappa shape index (κ3) is 3.51. The van der Waals surface area contributed by atoms with Crippen LogP contribution in [0, 0.1) is 5.92 Å².